The molecule has 1 heterocycles. The summed E-state index contributed by atoms with van der Waals surface area (Å²) >= 11 is 1.66. The van der Waals surface area contributed by atoms with E-state index in [1.165, 1.54) is 10.4 Å². The summed E-state index contributed by atoms with van der Waals surface area (Å²) in [5.41, 5.74) is 1.71. The van der Waals surface area contributed by atoms with E-state index in [4.69, 9.17) is 9.47 Å². The van der Waals surface area contributed by atoms with Crippen molar-refractivity contribution in [3.8, 4) is 11.5 Å². The lowest BCUT2D eigenvalue weighted by atomic mass is 10.1. The molecule has 4 nitrogen and oxygen atoms in total. The zero-order valence-corrected chi connectivity index (χ0v) is 13.5. The highest BCUT2D eigenvalue weighted by Gasteiger charge is 2.18. The number of ether oxygens (including phenoxy) is 2. The quantitative estimate of drug-likeness (QED) is 0.850. The number of rotatable bonds is 5. The van der Waals surface area contributed by atoms with Crippen molar-refractivity contribution in [2.75, 3.05) is 21.3 Å². The van der Waals surface area contributed by atoms with Gasteiger partial charge in [0.1, 0.15) is 11.5 Å². The summed E-state index contributed by atoms with van der Waals surface area (Å²) < 4.78 is 10.5. The third-order valence-corrected chi connectivity index (χ3v) is 4.34. The maximum atomic E-state index is 12.6. The van der Waals surface area contributed by atoms with E-state index in [1.807, 2.05) is 5.38 Å². The predicted molar refractivity (Wildman–Crippen MR) is 84.4 cm³/mol. The van der Waals surface area contributed by atoms with E-state index in [0.717, 1.165) is 0 Å². The van der Waals surface area contributed by atoms with Crippen LogP contribution in [-0.2, 0) is 6.54 Å². The fourth-order valence-corrected chi connectivity index (χ4v) is 3.00. The minimum Gasteiger partial charge on any atom is -0.497 e. The standard InChI is InChI=1S/C16H19NO3S/c1-11-7-8-21-15(11)10-17(2)16(18)13-9-12(19-3)5-6-14(13)20-4/h5-9H,10H2,1-4H3. The van der Waals surface area contributed by atoms with Crippen molar-refractivity contribution in [3.63, 3.8) is 0 Å². The lowest BCUT2D eigenvalue weighted by molar-refractivity contribution is 0.0782. The van der Waals surface area contributed by atoms with Crippen LogP contribution in [0.15, 0.2) is 29.6 Å². The first kappa shape index (κ1) is 15.4. The number of carbonyl (C=O) groups excluding carboxylic acids is 1. The maximum Gasteiger partial charge on any atom is 0.257 e. The van der Waals surface area contributed by atoms with Gasteiger partial charge in [0.25, 0.3) is 5.91 Å². The summed E-state index contributed by atoms with van der Waals surface area (Å²) in [5.74, 6) is 1.11. The number of aryl methyl sites for hydroxylation is 1. The molecule has 1 amide bonds. The van der Waals surface area contributed by atoms with Crippen molar-refractivity contribution >= 4 is 17.2 Å². The molecule has 0 spiro atoms. The average molecular weight is 305 g/mol. The van der Waals surface area contributed by atoms with Gasteiger partial charge >= 0.3 is 0 Å². The van der Waals surface area contributed by atoms with E-state index >= 15 is 0 Å². The predicted octanol–water partition coefficient (Wildman–Crippen LogP) is 3.35. The maximum absolute atomic E-state index is 12.6. The minimum absolute atomic E-state index is 0.0847. The van der Waals surface area contributed by atoms with Crippen LogP contribution in [0.2, 0.25) is 0 Å². The second-order valence-electron chi connectivity index (χ2n) is 4.75. The Morgan fingerprint density at radius 3 is 2.57 bits per heavy atom. The highest BCUT2D eigenvalue weighted by Crippen LogP contribution is 2.26. The van der Waals surface area contributed by atoms with Crippen molar-refractivity contribution in [2.24, 2.45) is 0 Å². The minimum atomic E-state index is -0.0847. The van der Waals surface area contributed by atoms with Crippen LogP contribution < -0.4 is 9.47 Å². The van der Waals surface area contributed by atoms with Crippen molar-refractivity contribution in [3.05, 3.63) is 45.6 Å². The molecule has 0 atom stereocenters. The monoisotopic (exact) mass is 305 g/mol. The van der Waals surface area contributed by atoms with E-state index in [2.05, 4.69) is 13.0 Å². The van der Waals surface area contributed by atoms with Gasteiger partial charge < -0.3 is 14.4 Å². The Labute approximate surface area is 128 Å². The normalized spacial score (nSPS) is 10.3. The molecule has 0 saturated heterocycles. The van der Waals surface area contributed by atoms with Gasteiger partial charge in [-0.15, -0.1) is 11.3 Å². The van der Waals surface area contributed by atoms with Gasteiger partial charge in [-0.1, -0.05) is 0 Å². The topological polar surface area (TPSA) is 38.8 Å². The second kappa shape index (κ2) is 6.63. The molecule has 0 aliphatic rings. The van der Waals surface area contributed by atoms with Crippen molar-refractivity contribution < 1.29 is 14.3 Å². The molecular formula is C16H19NO3S. The molecule has 0 saturated carbocycles. The Balaban J connectivity index is 2.24. The molecule has 5 heteroatoms. The number of amides is 1. The third kappa shape index (κ3) is 3.36. The summed E-state index contributed by atoms with van der Waals surface area (Å²) in [4.78, 5) is 15.5. The first-order valence-corrected chi connectivity index (χ1v) is 7.45. The fraction of sp³-hybridized carbons (Fsp3) is 0.312. The van der Waals surface area contributed by atoms with Crippen LogP contribution in [-0.4, -0.2) is 32.1 Å². The first-order valence-electron chi connectivity index (χ1n) is 6.57. The summed E-state index contributed by atoms with van der Waals surface area (Å²) in [7, 11) is 4.93. The Kier molecular flexibility index (Phi) is 4.85. The van der Waals surface area contributed by atoms with Crippen LogP contribution in [0.25, 0.3) is 0 Å². The molecule has 1 aromatic heterocycles. The van der Waals surface area contributed by atoms with Crippen LogP contribution in [0.4, 0.5) is 0 Å². The lowest BCUT2D eigenvalue weighted by Gasteiger charge is -2.19. The fourth-order valence-electron chi connectivity index (χ4n) is 2.04. The molecule has 0 radical (unpaired) electrons. The third-order valence-electron chi connectivity index (χ3n) is 3.33. The number of carbonyl (C=O) groups is 1. The van der Waals surface area contributed by atoms with Gasteiger partial charge in [-0.3, -0.25) is 4.79 Å². The van der Waals surface area contributed by atoms with Crippen molar-refractivity contribution in [1.29, 1.82) is 0 Å². The van der Waals surface area contributed by atoms with E-state index in [1.54, 1.807) is 55.7 Å². The molecule has 0 aliphatic carbocycles. The van der Waals surface area contributed by atoms with Gasteiger partial charge in [0.15, 0.2) is 0 Å². The molecular weight excluding hydrogens is 286 g/mol. The van der Waals surface area contributed by atoms with Gasteiger partial charge in [0.05, 0.1) is 26.3 Å². The van der Waals surface area contributed by atoms with E-state index in [0.29, 0.717) is 23.6 Å². The van der Waals surface area contributed by atoms with Gasteiger partial charge in [0.2, 0.25) is 0 Å². The Morgan fingerprint density at radius 1 is 1.24 bits per heavy atom. The molecule has 21 heavy (non-hydrogen) atoms. The molecule has 112 valence electrons. The number of thiophene rings is 1. The highest BCUT2D eigenvalue weighted by atomic mass is 32.1. The number of nitrogens with zero attached hydrogens (tertiary/aromatic N) is 1. The number of hydrogen-bond acceptors (Lipinski definition) is 4. The van der Waals surface area contributed by atoms with Gasteiger partial charge in [-0.05, 0) is 42.1 Å². The Hall–Kier alpha value is -2.01. The largest absolute Gasteiger partial charge is 0.497 e. The SMILES string of the molecule is COc1ccc(OC)c(C(=O)N(C)Cc2sccc2C)c1. The smallest absolute Gasteiger partial charge is 0.257 e. The lowest BCUT2D eigenvalue weighted by Crippen LogP contribution is -2.26. The summed E-state index contributed by atoms with van der Waals surface area (Å²) in [6.07, 6.45) is 0. The van der Waals surface area contributed by atoms with Crippen LogP contribution in [0.3, 0.4) is 0 Å². The molecule has 0 fully saturated rings. The van der Waals surface area contributed by atoms with Crippen molar-refractivity contribution in [1.82, 2.24) is 4.90 Å². The van der Waals surface area contributed by atoms with E-state index in [-0.39, 0.29) is 5.91 Å². The number of hydrogen-bond donors (Lipinski definition) is 0. The summed E-state index contributed by atoms with van der Waals surface area (Å²) in [6, 6.07) is 7.29. The molecule has 0 unspecified atom stereocenters. The molecule has 0 aliphatic heterocycles. The number of benzene rings is 1. The van der Waals surface area contributed by atoms with Gasteiger partial charge in [-0.2, -0.15) is 0 Å². The number of methoxy groups -OCH3 is 2. The van der Waals surface area contributed by atoms with Gasteiger partial charge in [0, 0.05) is 11.9 Å². The van der Waals surface area contributed by atoms with Gasteiger partial charge in [-0.25, -0.2) is 0 Å². The zero-order valence-electron chi connectivity index (χ0n) is 12.7. The summed E-state index contributed by atoms with van der Waals surface area (Å²) in [6.45, 7) is 2.64. The van der Waals surface area contributed by atoms with Crippen LogP contribution >= 0.6 is 11.3 Å². The van der Waals surface area contributed by atoms with Crippen LogP contribution in [0.5, 0.6) is 11.5 Å². The van der Waals surface area contributed by atoms with Crippen LogP contribution in [0.1, 0.15) is 20.8 Å². The molecule has 1 aromatic carbocycles. The molecule has 2 rings (SSSR count). The molecule has 0 bridgehead atoms. The summed E-state index contributed by atoms with van der Waals surface area (Å²) in [5, 5.41) is 2.04. The van der Waals surface area contributed by atoms with E-state index in [9.17, 15) is 4.79 Å². The van der Waals surface area contributed by atoms with E-state index < -0.39 is 0 Å². The average Bonchev–Trinajstić information content (AvgIpc) is 2.90. The zero-order chi connectivity index (χ0) is 15.4. The second-order valence-corrected chi connectivity index (χ2v) is 5.75. The van der Waals surface area contributed by atoms with Crippen LogP contribution in [0, 0.1) is 6.92 Å². The first-order chi connectivity index (χ1) is 10.1. The Bertz CT molecular complexity index is 636. The van der Waals surface area contributed by atoms with Crippen molar-refractivity contribution in [2.45, 2.75) is 13.5 Å². The highest BCUT2D eigenvalue weighted by molar-refractivity contribution is 7.10. The molecule has 2 aromatic rings. The Morgan fingerprint density at radius 2 is 2.00 bits per heavy atom. The molecule has 0 N–H and O–H groups in total.